The molecule has 1 rings (SSSR count). The van der Waals surface area contributed by atoms with Gasteiger partial charge in [-0.3, -0.25) is 0 Å². The number of rotatable bonds is 1. The van der Waals surface area contributed by atoms with Crippen LogP contribution >= 0.6 is 0 Å². The third kappa shape index (κ3) is 1.50. The summed E-state index contributed by atoms with van der Waals surface area (Å²) in [6, 6.07) is 0. The standard InChI is InChI=1S/C8H17NO/c1-7(2)8(3)6-9-4-5-10-8/h7,9H,4-6H2,1-3H3/t8-/m0/s1. The molecule has 0 amide bonds. The van der Waals surface area contributed by atoms with Crippen LogP contribution in [0.1, 0.15) is 20.8 Å². The second kappa shape index (κ2) is 2.89. The summed E-state index contributed by atoms with van der Waals surface area (Å²) in [5.74, 6) is 0.597. The molecule has 0 spiro atoms. The van der Waals surface area contributed by atoms with Crippen LogP contribution in [0, 0.1) is 5.92 Å². The first-order valence-electron chi connectivity index (χ1n) is 4.00. The van der Waals surface area contributed by atoms with Crippen molar-refractivity contribution in [2.45, 2.75) is 26.4 Å². The predicted molar refractivity (Wildman–Crippen MR) is 42.1 cm³/mol. The van der Waals surface area contributed by atoms with E-state index in [1.807, 2.05) is 0 Å². The highest BCUT2D eigenvalue weighted by Crippen LogP contribution is 2.21. The predicted octanol–water partition coefficient (Wildman–Crippen LogP) is 1.02. The molecule has 2 heteroatoms. The largest absolute Gasteiger partial charge is 0.372 e. The van der Waals surface area contributed by atoms with Gasteiger partial charge in [-0.05, 0) is 12.8 Å². The van der Waals surface area contributed by atoms with Crippen molar-refractivity contribution in [3.63, 3.8) is 0 Å². The quantitative estimate of drug-likeness (QED) is 0.591. The van der Waals surface area contributed by atoms with Gasteiger partial charge in [0.25, 0.3) is 0 Å². The monoisotopic (exact) mass is 143 g/mol. The Morgan fingerprint density at radius 1 is 1.50 bits per heavy atom. The molecule has 0 bridgehead atoms. The average molecular weight is 143 g/mol. The molecule has 1 fully saturated rings. The van der Waals surface area contributed by atoms with Gasteiger partial charge in [0.15, 0.2) is 0 Å². The van der Waals surface area contributed by atoms with Crippen LogP contribution in [-0.2, 0) is 4.74 Å². The molecule has 1 atom stereocenters. The summed E-state index contributed by atoms with van der Waals surface area (Å²) < 4.78 is 5.66. The van der Waals surface area contributed by atoms with E-state index < -0.39 is 0 Å². The molecule has 0 unspecified atom stereocenters. The zero-order valence-corrected chi connectivity index (χ0v) is 7.11. The van der Waals surface area contributed by atoms with Gasteiger partial charge in [-0.15, -0.1) is 0 Å². The third-order valence-electron chi connectivity index (χ3n) is 2.41. The average Bonchev–Trinajstić information content (AvgIpc) is 1.89. The van der Waals surface area contributed by atoms with E-state index in [4.69, 9.17) is 4.74 Å². The SMILES string of the molecule is CC(C)[C@]1(C)CNCCO1. The Morgan fingerprint density at radius 3 is 2.50 bits per heavy atom. The fraction of sp³-hybridized carbons (Fsp3) is 1.00. The Bertz CT molecular complexity index is 106. The maximum Gasteiger partial charge on any atom is 0.0801 e. The zero-order valence-electron chi connectivity index (χ0n) is 7.11. The maximum atomic E-state index is 5.66. The fourth-order valence-corrected chi connectivity index (χ4v) is 1.11. The lowest BCUT2D eigenvalue weighted by Crippen LogP contribution is -2.50. The minimum Gasteiger partial charge on any atom is -0.372 e. The lowest BCUT2D eigenvalue weighted by atomic mass is 9.91. The first-order chi connectivity index (χ1) is 4.65. The van der Waals surface area contributed by atoms with E-state index in [2.05, 4.69) is 26.1 Å². The minimum absolute atomic E-state index is 0.0677. The van der Waals surface area contributed by atoms with Gasteiger partial charge in [0.2, 0.25) is 0 Å². The molecule has 1 aliphatic rings. The van der Waals surface area contributed by atoms with Gasteiger partial charge in [0, 0.05) is 13.1 Å². The normalized spacial score (nSPS) is 34.8. The molecule has 0 aliphatic carbocycles. The van der Waals surface area contributed by atoms with Crippen LogP contribution in [0.3, 0.4) is 0 Å². The van der Waals surface area contributed by atoms with Crippen molar-refractivity contribution in [1.82, 2.24) is 5.32 Å². The summed E-state index contributed by atoms with van der Waals surface area (Å²) in [5, 5.41) is 3.33. The van der Waals surface area contributed by atoms with Crippen molar-refractivity contribution in [2.75, 3.05) is 19.7 Å². The molecular weight excluding hydrogens is 126 g/mol. The van der Waals surface area contributed by atoms with Crippen LogP contribution in [0.25, 0.3) is 0 Å². The van der Waals surface area contributed by atoms with Crippen LogP contribution in [0.15, 0.2) is 0 Å². The zero-order chi connectivity index (χ0) is 7.61. The summed E-state index contributed by atoms with van der Waals surface area (Å²) >= 11 is 0. The summed E-state index contributed by atoms with van der Waals surface area (Å²) in [4.78, 5) is 0. The lowest BCUT2D eigenvalue weighted by molar-refractivity contribution is -0.0823. The lowest BCUT2D eigenvalue weighted by Gasteiger charge is -2.37. The van der Waals surface area contributed by atoms with Gasteiger partial charge in [-0.1, -0.05) is 13.8 Å². The van der Waals surface area contributed by atoms with E-state index in [0.29, 0.717) is 5.92 Å². The number of ether oxygens (including phenoxy) is 1. The van der Waals surface area contributed by atoms with Gasteiger partial charge in [0.1, 0.15) is 0 Å². The molecule has 1 aliphatic heterocycles. The van der Waals surface area contributed by atoms with Gasteiger partial charge in [-0.25, -0.2) is 0 Å². The molecule has 0 aromatic carbocycles. The maximum absolute atomic E-state index is 5.66. The Balaban J connectivity index is 2.48. The van der Waals surface area contributed by atoms with E-state index in [-0.39, 0.29) is 5.60 Å². The van der Waals surface area contributed by atoms with Crippen LogP contribution < -0.4 is 5.32 Å². The molecule has 0 aromatic rings. The van der Waals surface area contributed by atoms with Crippen molar-refractivity contribution in [3.05, 3.63) is 0 Å². The first-order valence-corrected chi connectivity index (χ1v) is 4.00. The van der Waals surface area contributed by atoms with Crippen molar-refractivity contribution in [3.8, 4) is 0 Å². The van der Waals surface area contributed by atoms with E-state index in [1.165, 1.54) is 0 Å². The molecule has 0 saturated carbocycles. The molecule has 1 saturated heterocycles. The van der Waals surface area contributed by atoms with Crippen molar-refractivity contribution in [2.24, 2.45) is 5.92 Å². The van der Waals surface area contributed by atoms with Crippen molar-refractivity contribution < 1.29 is 4.74 Å². The van der Waals surface area contributed by atoms with Gasteiger partial charge >= 0.3 is 0 Å². The van der Waals surface area contributed by atoms with E-state index in [0.717, 1.165) is 19.7 Å². The fourth-order valence-electron chi connectivity index (χ4n) is 1.11. The Labute approximate surface area is 63.0 Å². The van der Waals surface area contributed by atoms with E-state index in [1.54, 1.807) is 0 Å². The second-order valence-electron chi connectivity index (χ2n) is 3.49. The van der Waals surface area contributed by atoms with Crippen LogP contribution in [0.2, 0.25) is 0 Å². The van der Waals surface area contributed by atoms with Gasteiger partial charge in [-0.2, -0.15) is 0 Å². The van der Waals surface area contributed by atoms with Crippen molar-refractivity contribution in [1.29, 1.82) is 0 Å². The third-order valence-corrected chi connectivity index (χ3v) is 2.41. The summed E-state index contributed by atoms with van der Waals surface area (Å²) in [7, 11) is 0. The topological polar surface area (TPSA) is 21.3 Å². The Morgan fingerprint density at radius 2 is 2.20 bits per heavy atom. The molecule has 10 heavy (non-hydrogen) atoms. The highest BCUT2D eigenvalue weighted by atomic mass is 16.5. The van der Waals surface area contributed by atoms with Crippen LogP contribution in [0.5, 0.6) is 0 Å². The number of hydrogen-bond acceptors (Lipinski definition) is 2. The highest BCUT2D eigenvalue weighted by Gasteiger charge is 2.30. The molecule has 1 heterocycles. The van der Waals surface area contributed by atoms with E-state index in [9.17, 15) is 0 Å². The summed E-state index contributed by atoms with van der Waals surface area (Å²) in [5.41, 5.74) is 0.0677. The smallest absolute Gasteiger partial charge is 0.0801 e. The summed E-state index contributed by atoms with van der Waals surface area (Å²) in [6.45, 7) is 9.42. The molecule has 2 nitrogen and oxygen atoms in total. The second-order valence-corrected chi connectivity index (χ2v) is 3.49. The molecular formula is C8H17NO. The first kappa shape index (κ1) is 8.02. The van der Waals surface area contributed by atoms with Crippen LogP contribution in [0.4, 0.5) is 0 Å². The Hall–Kier alpha value is -0.0800. The number of hydrogen-bond donors (Lipinski definition) is 1. The number of morpholine rings is 1. The number of nitrogens with one attached hydrogen (secondary N) is 1. The Kier molecular flexibility index (Phi) is 2.32. The van der Waals surface area contributed by atoms with E-state index >= 15 is 0 Å². The molecule has 60 valence electrons. The molecule has 0 aromatic heterocycles. The van der Waals surface area contributed by atoms with Crippen molar-refractivity contribution >= 4 is 0 Å². The minimum atomic E-state index is 0.0677. The van der Waals surface area contributed by atoms with Gasteiger partial charge < -0.3 is 10.1 Å². The summed E-state index contributed by atoms with van der Waals surface area (Å²) in [6.07, 6.45) is 0. The molecule has 1 N–H and O–H groups in total. The van der Waals surface area contributed by atoms with Crippen LogP contribution in [-0.4, -0.2) is 25.3 Å². The highest BCUT2D eigenvalue weighted by molar-refractivity contribution is 4.84. The van der Waals surface area contributed by atoms with Gasteiger partial charge in [0.05, 0.1) is 12.2 Å². The molecule has 0 radical (unpaired) electrons.